The lowest BCUT2D eigenvalue weighted by atomic mass is 10.2. The summed E-state index contributed by atoms with van der Waals surface area (Å²) in [4.78, 5) is 6.64. The van der Waals surface area contributed by atoms with Gasteiger partial charge in [-0.15, -0.1) is 11.3 Å². The van der Waals surface area contributed by atoms with Gasteiger partial charge in [0.25, 0.3) is 0 Å². The van der Waals surface area contributed by atoms with Crippen molar-refractivity contribution in [2.24, 2.45) is 0 Å². The fraction of sp³-hybridized carbons (Fsp3) is 0.727. The average molecular weight is 228 g/mol. The van der Waals surface area contributed by atoms with Crippen molar-refractivity contribution in [1.82, 2.24) is 9.88 Å². The number of aliphatic hydroxyl groups excluding tert-OH is 1. The number of thiazole rings is 1. The molecule has 1 rings (SSSR count). The number of likely N-dealkylation sites (N-methyl/N-ethyl adjacent to an activating group) is 1. The molecule has 0 amide bonds. The van der Waals surface area contributed by atoms with Crippen LogP contribution in [-0.4, -0.2) is 34.7 Å². The van der Waals surface area contributed by atoms with E-state index in [-0.39, 0.29) is 6.10 Å². The van der Waals surface area contributed by atoms with E-state index in [4.69, 9.17) is 0 Å². The molecule has 1 aromatic heterocycles. The molecule has 0 saturated carbocycles. The summed E-state index contributed by atoms with van der Waals surface area (Å²) in [6.45, 7) is 7.62. The summed E-state index contributed by atoms with van der Waals surface area (Å²) in [5, 5.41) is 12.5. The highest BCUT2D eigenvalue weighted by molar-refractivity contribution is 7.09. The first-order chi connectivity index (χ1) is 6.99. The predicted molar refractivity (Wildman–Crippen MR) is 64.2 cm³/mol. The lowest BCUT2D eigenvalue weighted by Crippen LogP contribution is -2.26. The molecule has 0 fully saturated rings. The highest BCUT2D eigenvalue weighted by Gasteiger charge is 2.08. The second-order valence-corrected chi connectivity index (χ2v) is 5.27. The van der Waals surface area contributed by atoms with Crippen LogP contribution in [0.2, 0.25) is 0 Å². The zero-order valence-corrected chi connectivity index (χ0v) is 10.7. The molecule has 0 aliphatic carbocycles. The summed E-state index contributed by atoms with van der Waals surface area (Å²) in [6.07, 6.45) is -0.279. The normalized spacial score (nSPS) is 13.8. The molecular formula is C11H20N2OS. The largest absolute Gasteiger partial charge is 0.392 e. The molecule has 1 unspecified atom stereocenters. The Morgan fingerprint density at radius 3 is 2.60 bits per heavy atom. The van der Waals surface area contributed by atoms with E-state index in [2.05, 4.69) is 29.1 Å². The quantitative estimate of drug-likeness (QED) is 0.838. The molecule has 1 aromatic rings. The summed E-state index contributed by atoms with van der Waals surface area (Å²) in [5.41, 5.74) is 1.10. The maximum absolute atomic E-state index is 9.23. The Morgan fingerprint density at radius 2 is 2.13 bits per heavy atom. The fourth-order valence-corrected chi connectivity index (χ4v) is 2.28. The van der Waals surface area contributed by atoms with Crippen LogP contribution >= 0.6 is 11.3 Å². The van der Waals surface area contributed by atoms with Gasteiger partial charge in [0.05, 0.1) is 16.8 Å². The Bertz CT molecular complexity index is 297. The first-order valence-corrected chi connectivity index (χ1v) is 6.18. The van der Waals surface area contributed by atoms with Crippen molar-refractivity contribution < 1.29 is 5.11 Å². The Balaban J connectivity index is 2.49. The van der Waals surface area contributed by atoms with Gasteiger partial charge in [0.15, 0.2) is 0 Å². The van der Waals surface area contributed by atoms with Gasteiger partial charge in [0.1, 0.15) is 0 Å². The van der Waals surface area contributed by atoms with E-state index in [1.54, 1.807) is 18.3 Å². The van der Waals surface area contributed by atoms with E-state index in [9.17, 15) is 5.11 Å². The van der Waals surface area contributed by atoms with Gasteiger partial charge < -0.3 is 5.11 Å². The molecule has 1 N–H and O–H groups in total. The summed E-state index contributed by atoms with van der Waals surface area (Å²) in [5.74, 6) is 0.505. The van der Waals surface area contributed by atoms with Crippen LogP contribution in [0.3, 0.4) is 0 Å². The van der Waals surface area contributed by atoms with Crippen LogP contribution in [0.15, 0.2) is 5.38 Å². The molecule has 0 aromatic carbocycles. The molecule has 0 bridgehead atoms. The molecular weight excluding hydrogens is 208 g/mol. The zero-order valence-electron chi connectivity index (χ0n) is 9.90. The zero-order chi connectivity index (χ0) is 11.4. The first kappa shape index (κ1) is 12.6. The van der Waals surface area contributed by atoms with Gasteiger partial charge in [-0.1, -0.05) is 13.8 Å². The van der Waals surface area contributed by atoms with E-state index in [0.29, 0.717) is 12.5 Å². The Labute approximate surface area is 95.8 Å². The van der Waals surface area contributed by atoms with Crippen LogP contribution in [0.4, 0.5) is 0 Å². The highest BCUT2D eigenvalue weighted by Crippen LogP contribution is 2.19. The van der Waals surface area contributed by atoms with Gasteiger partial charge in [-0.3, -0.25) is 4.90 Å². The maximum Gasteiger partial charge on any atom is 0.0954 e. The van der Waals surface area contributed by atoms with E-state index in [1.165, 1.54) is 5.01 Å². The van der Waals surface area contributed by atoms with Gasteiger partial charge in [0.2, 0.25) is 0 Å². The maximum atomic E-state index is 9.23. The predicted octanol–water partition coefficient (Wildman–Crippen LogP) is 2.08. The van der Waals surface area contributed by atoms with Gasteiger partial charge in [-0.05, 0) is 14.0 Å². The van der Waals surface area contributed by atoms with Crippen LogP contribution in [0.1, 0.15) is 37.4 Å². The van der Waals surface area contributed by atoms with Crippen molar-refractivity contribution >= 4 is 11.3 Å². The minimum Gasteiger partial charge on any atom is -0.392 e. The van der Waals surface area contributed by atoms with Crippen molar-refractivity contribution in [3.63, 3.8) is 0 Å². The number of aromatic nitrogens is 1. The topological polar surface area (TPSA) is 36.4 Å². The summed E-state index contributed by atoms with van der Waals surface area (Å²) < 4.78 is 0. The molecule has 0 saturated heterocycles. The third-order valence-electron chi connectivity index (χ3n) is 2.07. The van der Waals surface area contributed by atoms with Crippen molar-refractivity contribution in [2.75, 3.05) is 13.6 Å². The molecule has 4 heteroatoms. The average Bonchev–Trinajstić information content (AvgIpc) is 2.50. The summed E-state index contributed by atoms with van der Waals surface area (Å²) in [7, 11) is 2.00. The molecule has 0 aliphatic rings. The highest BCUT2D eigenvalue weighted by atomic mass is 32.1. The summed E-state index contributed by atoms with van der Waals surface area (Å²) in [6, 6.07) is 0. The molecule has 15 heavy (non-hydrogen) atoms. The van der Waals surface area contributed by atoms with Crippen LogP contribution in [0, 0.1) is 0 Å². The molecule has 1 heterocycles. The third kappa shape index (κ3) is 4.28. The Hall–Kier alpha value is -0.450. The number of aliphatic hydroxyl groups is 1. The smallest absolute Gasteiger partial charge is 0.0954 e. The van der Waals surface area contributed by atoms with Gasteiger partial charge >= 0.3 is 0 Å². The van der Waals surface area contributed by atoms with Crippen LogP contribution < -0.4 is 0 Å². The van der Waals surface area contributed by atoms with Crippen LogP contribution in [0.5, 0.6) is 0 Å². The van der Waals surface area contributed by atoms with E-state index < -0.39 is 0 Å². The van der Waals surface area contributed by atoms with E-state index in [1.807, 2.05) is 7.05 Å². The van der Waals surface area contributed by atoms with Gasteiger partial charge in [-0.2, -0.15) is 0 Å². The Kier molecular flexibility index (Phi) is 4.70. The molecule has 0 spiro atoms. The lowest BCUT2D eigenvalue weighted by molar-refractivity contribution is 0.138. The van der Waals surface area contributed by atoms with Crippen molar-refractivity contribution in [3.8, 4) is 0 Å². The SMILES string of the molecule is CC(O)CN(C)Cc1csc(C(C)C)n1. The molecule has 1 atom stereocenters. The Morgan fingerprint density at radius 1 is 1.47 bits per heavy atom. The van der Waals surface area contributed by atoms with Crippen LogP contribution in [-0.2, 0) is 6.54 Å². The number of hydrogen-bond donors (Lipinski definition) is 1. The second kappa shape index (κ2) is 5.58. The minimum atomic E-state index is -0.279. The third-order valence-corrected chi connectivity index (χ3v) is 3.27. The van der Waals surface area contributed by atoms with Crippen LogP contribution in [0.25, 0.3) is 0 Å². The fourth-order valence-electron chi connectivity index (χ4n) is 1.45. The second-order valence-electron chi connectivity index (χ2n) is 4.38. The van der Waals surface area contributed by atoms with E-state index >= 15 is 0 Å². The molecule has 0 aliphatic heterocycles. The number of rotatable bonds is 5. The van der Waals surface area contributed by atoms with Crippen molar-refractivity contribution in [3.05, 3.63) is 16.1 Å². The van der Waals surface area contributed by atoms with E-state index in [0.717, 1.165) is 12.2 Å². The first-order valence-electron chi connectivity index (χ1n) is 5.30. The van der Waals surface area contributed by atoms with Gasteiger partial charge in [0, 0.05) is 24.4 Å². The molecule has 3 nitrogen and oxygen atoms in total. The lowest BCUT2D eigenvalue weighted by Gasteiger charge is -2.16. The monoisotopic (exact) mass is 228 g/mol. The van der Waals surface area contributed by atoms with Crippen molar-refractivity contribution in [2.45, 2.75) is 39.3 Å². The number of nitrogens with zero attached hydrogens (tertiary/aromatic N) is 2. The molecule has 0 radical (unpaired) electrons. The summed E-state index contributed by atoms with van der Waals surface area (Å²) >= 11 is 1.72. The minimum absolute atomic E-state index is 0.279. The van der Waals surface area contributed by atoms with Crippen molar-refractivity contribution in [1.29, 1.82) is 0 Å². The number of hydrogen-bond acceptors (Lipinski definition) is 4. The van der Waals surface area contributed by atoms with Gasteiger partial charge in [-0.25, -0.2) is 4.98 Å². The standard InChI is InChI=1S/C11H20N2OS/c1-8(2)11-12-10(7-15-11)6-13(4)5-9(3)14/h7-9,14H,5-6H2,1-4H3. The molecule has 86 valence electrons.